The van der Waals surface area contributed by atoms with Crippen molar-refractivity contribution in [3.05, 3.63) is 29.7 Å². The predicted molar refractivity (Wildman–Crippen MR) is 80.2 cm³/mol. The van der Waals surface area contributed by atoms with E-state index in [0.717, 1.165) is 18.5 Å². The number of nitrogens with zero attached hydrogens (tertiary/aromatic N) is 2. The van der Waals surface area contributed by atoms with Crippen molar-refractivity contribution in [2.24, 2.45) is 10.7 Å². The van der Waals surface area contributed by atoms with Crippen molar-refractivity contribution in [1.82, 2.24) is 4.98 Å². The molecule has 0 amide bonds. The summed E-state index contributed by atoms with van der Waals surface area (Å²) in [7, 11) is -3.49. The van der Waals surface area contributed by atoms with E-state index in [1.165, 1.54) is 13.8 Å². The summed E-state index contributed by atoms with van der Waals surface area (Å²) in [5, 5.41) is 0. The van der Waals surface area contributed by atoms with Gasteiger partial charge in [0.15, 0.2) is 11.5 Å². The second-order valence-corrected chi connectivity index (χ2v) is 6.72. The van der Waals surface area contributed by atoms with E-state index in [1.807, 2.05) is 0 Å². The van der Waals surface area contributed by atoms with E-state index in [2.05, 4.69) is 9.98 Å². The molecule has 0 aliphatic carbocycles. The van der Waals surface area contributed by atoms with Crippen LogP contribution >= 0.6 is 0 Å². The van der Waals surface area contributed by atoms with E-state index in [0.29, 0.717) is 6.08 Å². The van der Waals surface area contributed by atoms with Gasteiger partial charge >= 0.3 is 6.18 Å². The Morgan fingerprint density at radius 2 is 2.13 bits per heavy atom. The molecule has 1 rings (SSSR count). The molecule has 23 heavy (non-hydrogen) atoms. The number of Topliss-reactive ketones (excluding diaryl/α,β-unsaturated/α-hetero) is 1. The van der Waals surface area contributed by atoms with Gasteiger partial charge in [0, 0.05) is 19.2 Å². The summed E-state index contributed by atoms with van der Waals surface area (Å²) in [4.78, 5) is 18.7. The van der Waals surface area contributed by atoms with Gasteiger partial charge in [-0.15, -0.1) is 0 Å². The molecule has 0 saturated carbocycles. The summed E-state index contributed by atoms with van der Waals surface area (Å²) >= 11 is 0. The molecule has 0 bridgehead atoms. The number of rotatable bonds is 5. The van der Waals surface area contributed by atoms with Crippen LogP contribution in [0.4, 0.5) is 18.9 Å². The van der Waals surface area contributed by atoms with Gasteiger partial charge < -0.3 is 5.73 Å². The van der Waals surface area contributed by atoms with Crippen LogP contribution in [0.25, 0.3) is 0 Å². The number of ketones is 1. The van der Waals surface area contributed by atoms with Gasteiger partial charge in [-0.05, 0) is 13.0 Å². The number of aromatic nitrogens is 1. The summed E-state index contributed by atoms with van der Waals surface area (Å²) in [6.45, 7) is 2.64. The average Bonchev–Trinajstić information content (AvgIpc) is 2.45. The highest BCUT2D eigenvalue weighted by molar-refractivity contribution is 7.97. The first kappa shape index (κ1) is 19.0. The second-order valence-electron chi connectivity index (χ2n) is 4.42. The smallest absolute Gasteiger partial charge is 0.395 e. The van der Waals surface area contributed by atoms with Crippen LogP contribution < -0.4 is 5.73 Å². The Labute approximate surface area is 131 Å². The summed E-state index contributed by atoms with van der Waals surface area (Å²) in [5.41, 5.74) is 3.30. The molecule has 6 nitrogen and oxygen atoms in total. The zero-order chi connectivity index (χ0) is 17.8. The van der Waals surface area contributed by atoms with Gasteiger partial charge in [0.05, 0.1) is 11.9 Å². The van der Waals surface area contributed by atoms with Crippen LogP contribution in [-0.2, 0) is 14.4 Å². The Bertz CT molecular complexity index is 714. The number of hydrogen-bond donors (Lipinski definition) is 2. The molecule has 0 spiro atoms. The molecule has 0 saturated heterocycles. The highest BCUT2D eigenvalue weighted by Gasteiger charge is 2.33. The Kier molecular flexibility index (Phi) is 5.78. The fourth-order valence-corrected chi connectivity index (χ4v) is 2.58. The van der Waals surface area contributed by atoms with Gasteiger partial charge in [0.2, 0.25) is 15.1 Å². The van der Waals surface area contributed by atoms with Crippen LogP contribution in [0.3, 0.4) is 0 Å². The van der Waals surface area contributed by atoms with Gasteiger partial charge in [0.1, 0.15) is 11.4 Å². The summed E-state index contributed by atoms with van der Waals surface area (Å²) in [6.07, 6.45) is -2.22. The third-order valence-electron chi connectivity index (χ3n) is 2.71. The Morgan fingerprint density at radius 1 is 1.52 bits per heavy atom. The second kappa shape index (κ2) is 7.01. The first-order chi connectivity index (χ1) is 10.5. The van der Waals surface area contributed by atoms with Crippen molar-refractivity contribution in [2.75, 3.05) is 5.75 Å². The third kappa shape index (κ3) is 4.96. The Morgan fingerprint density at radius 3 is 2.61 bits per heavy atom. The maximum atomic E-state index is 12.2. The maximum absolute atomic E-state index is 12.2. The highest BCUT2D eigenvalue weighted by atomic mass is 32.3. The lowest BCUT2D eigenvalue weighted by molar-refractivity contribution is -0.0925. The molecule has 0 aliphatic rings. The van der Waals surface area contributed by atoms with Gasteiger partial charge in [-0.1, -0.05) is 4.21 Å². The number of halogens is 3. The average molecular weight is 350 g/mol. The minimum absolute atomic E-state index is 0.0199. The Hall–Kier alpha value is -2.07. The first-order valence-electron chi connectivity index (χ1n) is 6.31. The fraction of sp³-hybridized carbons (Fsp3) is 0.308. The number of pyridine rings is 1. The molecular formula is C13H15F3N3O3S+. The normalized spacial score (nSPS) is 15.7. The van der Waals surface area contributed by atoms with Gasteiger partial charge in [-0.3, -0.25) is 9.79 Å². The fourth-order valence-electron chi connectivity index (χ4n) is 1.47. The van der Waals surface area contributed by atoms with E-state index in [1.54, 1.807) is 0 Å². The van der Waals surface area contributed by atoms with Crippen LogP contribution in [0.15, 0.2) is 33.9 Å². The lowest BCUT2D eigenvalue weighted by Crippen LogP contribution is -2.19. The molecule has 126 valence electrons. The highest BCUT2D eigenvalue weighted by Crippen LogP contribution is 2.25. The Balaban J connectivity index is 3.24. The van der Waals surface area contributed by atoms with Crippen LogP contribution in [0, 0.1) is 0 Å². The van der Waals surface area contributed by atoms with Crippen molar-refractivity contribution < 1.29 is 26.7 Å². The van der Waals surface area contributed by atoms with Crippen LogP contribution in [-0.4, -0.2) is 33.5 Å². The van der Waals surface area contributed by atoms with Crippen LogP contribution in [0.5, 0.6) is 0 Å². The molecule has 1 aromatic heterocycles. The predicted octanol–water partition coefficient (Wildman–Crippen LogP) is 2.74. The SMILES string of the molecule is CC[S+](=O)(O)c1cc(N=CC=C(N)C(F)(F)F)cnc1C(C)=O. The van der Waals surface area contributed by atoms with Crippen molar-refractivity contribution in [2.45, 2.75) is 24.9 Å². The van der Waals surface area contributed by atoms with E-state index in [9.17, 15) is 26.7 Å². The zero-order valence-corrected chi connectivity index (χ0v) is 13.1. The van der Waals surface area contributed by atoms with E-state index in [-0.39, 0.29) is 22.0 Å². The molecule has 1 aromatic rings. The van der Waals surface area contributed by atoms with Gasteiger partial charge in [-0.25, -0.2) is 4.98 Å². The zero-order valence-electron chi connectivity index (χ0n) is 12.3. The van der Waals surface area contributed by atoms with Crippen molar-refractivity contribution in [3.8, 4) is 0 Å². The van der Waals surface area contributed by atoms with E-state index < -0.39 is 27.9 Å². The molecule has 3 N–H and O–H groups in total. The molecule has 1 atom stereocenters. The van der Waals surface area contributed by atoms with Crippen LogP contribution in [0.2, 0.25) is 0 Å². The van der Waals surface area contributed by atoms with Gasteiger partial charge in [0.25, 0.3) is 0 Å². The third-order valence-corrected chi connectivity index (χ3v) is 4.49. The monoisotopic (exact) mass is 350 g/mol. The number of carbonyl (C=O) groups excluding carboxylic acids is 1. The topological polar surface area (TPSA) is 106 Å². The lowest BCUT2D eigenvalue weighted by atomic mass is 10.2. The number of carbonyl (C=O) groups is 1. The summed E-state index contributed by atoms with van der Waals surface area (Å²) in [6, 6.07) is 1.14. The molecule has 0 fully saturated rings. The molecule has 0 aromatic carbocycles. The standard InChI is InChI=1S/C13H14F3N3O3S/c1-3-23(21,22)10-6-9(7-19-12(10)8(2)20)18-5-4-11(17)13(14,15)16/h4-7H,3H2,1-2H3,(H2-,17,18,20,21,22)/p+1. The molecule has 0 radical (unpaired) electrons. The van der Waals surface area contributed by atoms with Crippen molar-refractivity contribution >= 4 is 27.9 Å². The molecule has 0 aliphatic heterocycles. The number of aliphatic imine (C=N–C) groups is 1. The molecule has 10 heteroatoms. The maximum Gasteiger partial charge on any atom is 0.430 e. The number of hydrogen-bond acceptors (Lipinski definition) is 5. The number of allylic oxidation sites excluding steroid dienone is 2. The molecule has 1 unspecified atom stereocenters. The summed E-state index contributed by atoms with van der Waals surface area (Å²) in [5.74, 6) is -0.657. The molecular weight excluding hydrogens is 335 g/mol. The largest absolute Gasteiger partial charge is 0.430 e. The minimum atomic E-state index is -4.67. The number of nitrogens with two attached hydrogens (primary N) is 1. The van der Waals surface area contributed by atoms with Gasteiger partial charge in [-0.2, -0.15) is 17.7 Å². The van der Waals surface area contributed by atoms with Crippen molar-refractivity contribution in [3.63, 3.8) is 0 Å². The minimum Gasteiger partial charge on any atom is -0.395 e. The van der Waals surface area contributed by atoms with E-state index >= 15 is 0 Å². The van der Waals surface area contributed by atoms with E-state index in [4.69, 9.17) is 5.73 Å². The van der Waals surface area contributed by atoms with Crippen molar-refractivity contribution in [1.29, 1.82) is 0 Å². The molecule has 1 heterocycles. The summed E-state index contributed by atoms with van der Waals surface area (Å²) < 4.78 is 58.6. The quantitative estimate of drug-likeness (QED) is 0.482. The lowest BCUT2D eigenvalue weighted by Gasteiger charge is -2.06. The number of alkyl halides is 3. The van der Waals surface area contributed by atoms with Crippen LogP contribution in [0.1, 0.15) is 24.3 Å². The first-order valence-corrected chi connectivity index (χ1v) is 7.99.